The molecule has 1 aromatic rings. The fourth-order valence-corrected chi connectivity index (χ4v) is 2.00. The maximum absolute atomic E-state index is 11.6. The Bertz CT molecular complexity index is 438. The fourth-order valence-electron chi connectivity index (χ4n) is 2.00. The number of benzene rings is 1. The lowest BCUT2D eigenvalue weighted by atomic mass is 10.1. The third kappa shape index (κ3) is 2.64. The molecule has 1 amide bonds. The van der Waals surface area contributed by atoms with Crippen LogP contribution >= 0.6 is 0 Å². The Hall–Kier alpha value is -1.84. The molecule has 2 rings (SSSR count). The Labute approximate surface area is 99.9 Å². The summed E-state index contributed by atoms with van der Waals surface area (Å²) in [5, 5.41) is 8.87. The molecule has 17 heavy (non-hydrogen) atoms. The van der Waals surface area contributed by atoms with E-state index in [4.69, 9.17) is 5.11 Å². The van der Waals surface area contributed by atoms with Gasteiger partial charge >= 0.3 is 5.97 Å². The number of hydrogen-bond acceptors (Lipinski definition) is 2. The van der Waals surface area contributed by atoms with Crippen molar-refractivity contribution in [2.45, 2.75) is 19.9 Å². The van der Waals surface area contributed by atoms with Crippen LogP contribution in [0.2, 0.25) is 0 Å². The third-order valence-electron chi connectivity index (χ3n) is 3.06. The van der Waals surface area contributed by atoms with Crippen LogP contribution < -0.4 is 0 Å². The Morgan fingerprint density at radius 1 is 1.41 bits per heavy atom. The quantitative estimate of drug-likeness (QED) is 0.859. The molecule has 90 valence electrons. The first kappa shape index (κ1) is 11.6. The maximum atomic E-state index is 11.6. The van der Waals surface area contributed by atoms with Gasteiger partial charge < -0.3 is 10.0 Å². The van der Waals surface area contributed by atoms with E-state index in [-0.39, 0.29) is 12.3 Å². The molecule has 4 nitrogen and oxygen atoms in total. The zero-order valence-electron chi connectivity index (χ0n) is 9.72. The van der Waals surface area contributed by atoms with Crippen molar-refractivity contribution in [1.82, 2.24) is 4.90 Å². The van der Waals surface area contributed by atoms with Gasteiger partial charge in [0.1, 0.15) is 0 Å². The Morgan fingerprint density at radius 3 is 2.59 bits per heavy atom. The number of hydrogen-bond donors (Lipinski definition) is 1. The molecule has 0 spiro atoms. The second-order valence-electron chi connectivity index (χ2n) is 4.50. The van der Waals surface area contributed by atoms with E-state index in [1.165, 1.54) is 5.56 Å². The van der Waals surface area contributed by atoms with Crippen LogP contribution in [0, 0.1) is 12.8 Å². The van der Waals surface area contributed by atoms with Crippen molar-refractivity contribution in [2.75, 3.05) is 6.54 Å². The molecule has 0 saturated carbocycles. The Balaban J connectivity index is 2.02. The van der Waals surface area contributed by atoms with Crippen LogP contribution in [0.5, 0.6) is 0 Å². The molecule has 0 aromatic heterocycles. The summed E-state index contributed by atoms with van der Waals surface area (Å²) < 4.78 is 0. The van der Waals surface area contributed by atoms with Gasteiger partial charge in [-0.25, -0.2) is 0 Å². The topological polar surface area (TPSA) is 57.6 Å². The largest absolute Gasteiger partial charge is 0.481 e. The highest BCUT2D eigenvalue weighted by Crippen LogP contribution is 2.20. The summed E-state index contributed by atoms with van der Waals surface area (Å²) in [4.78, 5) is 24.0. The molecule has 0 aliphatic carbocycles. The number of rotatable bonds is 3. The standard InChI is InChI=1S/C13H15NO3/c1-9-2-4-10(5-3-9)7-14-8-11(13(16)17)6-12(14)15/h2-5,11H,6-8H2,1H3,(H,16,17)/t11-/m0/s1. The van der Waals surface area contributed by atoms with Gasteiger partial charge in [-0.05, 0) is 12.5 Å². The smallest absolute Gasteiger partial charge is 0.308 e. The first-order valence-corrected chi connectivity index (χ1v) is 5.62. The van der Waals surface area contributed by atoms with Crippen molar-refractivity contribution in [3.05, 3.63) is 35.4 Å². The highest BCUT2D eigenvalue weighted by molar-refractivity contribution is 5.86. The summed E-state index contributed by atoms with van der Waals surface area (Å²) in [6.45, 7) is 2.83. The average molecular weight is 233 g/mol. The molecule has 4 heteroatoms. The first-order chi connectivity index (χ1) is 8.06. The molecule has 1 aliphatic rings. The predicted octanol–water partition coefficient (Wildman–Crippen LogP) is 1.43. The normalized spacial score (nSPS) is 19.7. The molecule has 1 aliphatic heterocycles. The minimum Gasteiger partial charge on any atom is -0.481 e. The third-order valence-corrected chi connectivity index (χ3v) is 3.06. The maximum Gasteiger partial charge on any atom is 0.308 e. The summed E-state index contributed by atoms with van der Waals surface area (Å²) in [6.07, 6.45) is 0.126. The van der Waals surface area contributed by atoms with E-state index in [0.717, 1.165) is 5.56 Å². The van der Waals surface area contributed by atoms with Crippen molar-refractivity contribution in [2.24, 2.45) is 5.92 Å². The van der Waals surface area contributed by atoms with E-state index in [1.807, 2.05) is 31.2 Å². The van der Waals surface area contributed by atoms with Crippen LogP contribution in [0.3, 0.4) is 0 Å². The van der Waals surface area contributed by atoms with E-state index in [0.29, 0.717) is 13.1 Å². The number of nitrogens with zero attached hydrogens (tertiary/aromatic N) is 1. The first-order valence-electron chi connectivity index (χ1n) is 5.62. The molecular weight excluding hydrogens is 218 g/mol. The number of carbonyl (C=O) groups is 2. The van der Waals surface area contributed by atoms with Crippen LogP contribution in [0.25, 0.3) is 0 Å². The van der Waals surface area contributed by atoms with Crippen molar-refractivity contribution in [3.63, 3.8) is 0 Å². The van der Waals surface area contributed by atoms with Gasteiger partial charge in [-0.2, -0.15) is 0 Å². The molecule has 0 unspecified atom stereocenters. The van der Waals surface area contributed by atoms with Crippen LogP contribution in [0.4, 0.5) is 0 Å². The molecule has 1 fully saturated rings. The average Bonchev–Trinajstić information content (AvgIpc) is 2.64. The number of aryl methyl sites for hydroxylation is 1. The highest BCUT2D eigenvalue weighted by Gasteiger charge is 2.33. The molecular formula is C13H15NO3. The molecule has 1 heterocycles. The molecule has 1 saturated heterocycles. The van der Waals surface area contributed by atoms with Gasteiger partial charge in [-0.15, -0.1) is 0 Å². The zero-order valence-corrected chi connectivity index (χ0v) is 9.72. The number of carboxylic acids is 1. The van der Waals surface area contributed by atoms with Crippen molar-refractivity contribution < 1.29 is 14.7 Å². The van der Waals surface area contributed by atoms with Gasteiger partial charge in [-0.3, -0.25) is 9.59 Å². The molecule has 1 aromatic carbocycles. The number of aliphatic carboxylic acids is 1. The summed E-state index contributed by atoms with van der Waals surface area (Å²) in [7, 11) is 0. The summed E-state index contributed by atoms with van der Waals surface area (Å²) >= 11 is 0. The van der Waals surface area contributed by atoms with Gasteiger partial charge in [-0.1, -0.05) is 29.8 Å². The van der Waals surface area contributed by atoms with Crippen molar-refractivity contribution in [1.29, 1.82) is 0 Å². The number of likely N-dealkylation sites (tertiary alicyclic amines) is 1. The molecule has 1 N–H and O–H groups in total. The molecule has 1 atom stereocenters. The van der Waals surface area contributed by atoms with E-state index in [9.17, 15) is 9.59 Å². The SMILES string of the molecule is Cc1ccc(CN2C[C@@H](C(=O)O)CC2=O)cc1. The van der Waals surface area contributed by atoms with E-state index in [1.54, 1.807) is 4.90 Å². The van der Waals surface area contributed by atoms with Gasteiger partial charge in [0.2, 0.25) is 5.91 Å². The molecule has 0 radical (unpaired) electrons. The number of amides is 1. The Morgan fingerprint density at radius 2 is 2.06 bits per heavy atom. The van der Waals surface area contributed by atoms with Gasteiger partial charge in [0.15, 0.2) is 0 Å². The van der Waals surface area contributed by atoms with Crippen molar-refractivity contribution >= 4 is 11.9 Å². The minimum atomic E-state index is -0.884. The second-order valence-corrected chi connectivity index (χ2v) is 4.50. The minimum absolute atomic E-state index is 0.0713. The second kappa shape index (κ2) is 4.57. The van der Waals surface area contributed by atoms with Crippen LogP contribution in [0.15, 0.2) is 24.3 Å². The van der Waals surface area contributed by atoms with Gasteiger partial charge in [0.25, 0.3) is 0 Å². The monoisotopic (exact) mass is 233 g/mol. The fraction of sp³-hybridized carbons (Fsp3) is 0.385. The predicted molar refractivity (Wildman–Crippen MR) is 62.3 cm³/mol. The van der Waals surface area contributed by atoms with Crippen LogP contribution in [-0.2, 0) is 16.1 Å². The lowest BCUT2D eigenvalue weighted by Crippen LogP contribution is -2.25. The number of carboxylic acid groups (broad SMARTS) is 1. The summed E-state index contributed by atoms with van der Waals surface area (Å²) in [5.41, 5.74) is 2.21. The van der Waals surface area contributed by atoms with E-state index >= 15 is 0 Å². The lowest BCUT2D eigenvalue weighted by molar-refractivity contribution is -0.141. The highest BCUT2D eigenvalue weighted by atomic mass is 16.4. The zero-order chi connectivity index (χ0) is 12.4. The van der Waals surface area contributed by atoms with E-state index < -0.39 is 11.9 Å². The molecule has 0 bridgehead atoms. The van der Waals surface area contributed by atoms with E-state index in [2.05, 4.69) is 0 Å². The van der Waals surface area contributed by atoms with Gasteiger partial charge in [0.05, 0.1) is 5.92 Å². The Kier molecular flexibility index (Phi) is 3.13. The summed E-state index contributed by atoms with van der Waals surface area (Å²) in [5.74, 6) is -1.50. The lowest BCUT2D eigenvalue weighted by Gasteiger charge is -2.16. The van der Waals surface area contributed by atoms with Crippen molar-refractivity contribution in [3.8, 4) is 0 Å². The van der Waals surface area contributed by atoms with Gasteiger partial charge in [0, 0.05) is 19.5 Å². The number of carbonyl (C=O) groups excluding carboxylic acids is 1. The van der Waals surface area contributed by atoms with Crippen LogP contribution in [-0.4, -0.2) is 28.4 Å². The summed E-state index contributed by atoms with van der Waals surface area (Å²) in [6, 6.07) is 7.92. The van der Waals surface area contributed by atoms with Crippen LogP contribution in [0.1, 0.15) is 17.5 Å².